The number of hydrogen-bond acceptors (Lipinski definition) is 3. The van der Waals surface area contributed by atoms with E-state index in [1.54, 1.807) is 19.2 Å². The number of nitrogens with zero attached hydrogens (tertiary/aromatic N) is 2. The summed E-state index contributed by atoms with van der Waals surface area (Å²) in [4.78, 5) is 4.51. The van der Waals surface area contributed by atoms with E-state index in [1.165, 1.54) is 0 Å². The molecule has 4 nitrogen and oxygen atoms in total. The van der Waals surface area contributed by atoms with Crippen LogP contribution in [-0.4, -0.2) is 81.3 Å². The van der Waals surface area contributed by atoms with Crippen molar-refractivity contribution in [3.63, 3.8) is 0 Å². The van der Waals surface area contributed by atoms with Gasteiger partial charge in [-0.15, -0.1) is 0 Å². The number of benzene rings is 2. The second-order valence-electron chi connectivity index (χ2n) is 4.72. The Morgan fingerprint density at radius 1 is 1.18 bits per heavy atom. The number of hydrogen-bond donors (Lipinski definition) is 1. The van der Waals surface area contributed by atoms with Gasteiger partial charge in [-0.2, -0.15) is 4.74 Å². The minimum absolute atomic E-state index is 0. The molecule has 1 aliphatic rings. The number of fused-ring (bicyclic) bond motifs is 1. The minimum atomic E-state index is 0. The fourth-order valence-corrected chi connectivity index (χ4v) is 2.53. The van der Waals surface area contributed by atoms with Crippen molar-refractivity contribution in [3.8, 4) is 0 Å². The van der Waals surface area contributed by atoms with Crippen molar-refractivity contribution in [2.75, 3.05) is 13.6 Å². The summed E-state index contributed by atoms with van der Waals surface area (Å²) in [6, 6.07) is 15.0. The van der Waals surface area contributed by atoms with Crippen molar-refractivity contribution < 1.29 is 4.74 Å². The standard InChI is InChI=1S/C16H14ClN3O.K.H/c1-18-15-10-20(21)16(11-5-3-2-4-6-11)13-9-12(17)7-8-14(13)19-15;;/h2-9H,10H2,1H3,(H,18,19);;. The molecule has 0 saturated carbocycles. The molecule has 1 aliphatic heterocycles. The van der Waals surface area contributed by atoms with Gasteiger partial charge >= 0.3 is 51.4 Å². The second-order valence-corrected chi connectivity index (χ2v) is 5.16. The van der Waals surface area contributed by atoms with Crippen LogP contribution in [0.15, 0.2) is 53.5 Å². The van der Waals surface area contributed by atoms with Gasteiger partial charge in [-0.1, -0.05) is 29.8 Å². The van der Waals surface area contributed by atoms with E-state index < -0.39 is 0 Å². The number of rotatable bonds is 1. The van der Waals surface area contributed by atoms with Crippen molar-refractivity contribution in [3.05, 3.63) is 69.9 Å². The van der Waals surface area contributed by atoms with Gasteiger partial charge in [-0.3, -0.25) is 0 Å². The fraction of sp³-hybridized carbons (Fsp3) is 0.125. The number of nitrogens with one attached hydrogen (secondary N) is 1. The van der Waals surface area contributed by atoms with Gasteiger partial charge in [0, 0.05) is 17.6 Å². The van der Waals surface area contributed by atoms with E-state index in [2.05, 4.69) is 10.3 Å². The van der Waals surface area contributed by atoms with Gasteiger partial charge in [0.25, 0.3) is 0 Å². The van der Waals surface area contributed by atoms with Crippen LogP contribution < -0.4 is 5.32 Å². The summed E-state index contributed by atoms with van der Waals surface area (Å²) in [5, 5.41) is 16.1. The third kappa shape index (κ3) is 3.61. The van der Waals surface area contributed by atoms with Crippen LogP contribution in [0.3, 0.4) is 0 Å². The van der Waals surface area contributed by atoms with Gasteiger partial charge in [-0.25, -0.2) is 4.99 Å². The SMILES string of the molecule is CNC1=Nc2ccc(Cl)cc2C(c2ccccc2)=[N+]([O-])C1.[KH]. The molecule has 3 rings (SSSR count). The van der Waals surface area contributed by atoms with Crippen LogP contribution in [0.4, 0.5) is 5.69 Å². The summed E-state index contributed by atoms with van der Waals surface area (Å²) in [5.41, 5.74) is 2.92. The molecule has 0 spiro atoms. The van der Waals surface area contributed by atoms with Crippen molar-refractivity contribution in [2.24, 2.45) is 4.99 Å². The summed E-state index contributed by atoms with van der Waals surface area (Å²) in [7, 11) is 1.76. The second kappa shape index (κ2) is 7.72. The first-order valence-corrected chi connectivity index (χ1v) is 6.99. The van der Waals surface area contributed by atoms with Crippen LogP contribution in [0.25, 0.3) is 0 Å². The zero-order valence-electron chi connectivity index (χ0n) is 11.5. The van der Waals surface area contributed by atoms with E-state index >= 15 is 0 Å². The average molecular weight is 340 g/mol. The Labute approximate surface area is 176 Å². The average Bonchev–Trinajstić information content (AvgIpc) is 2.63. The van der Waals surface area contributed by atoms with Crippen LogP contribution in [0.1, 0.15) is 11.1 Å². The number of halogens is 1. The molecule has 6 heteroatoms. The molecular weight excluding hydrogens is 325 g/mol. The molecule has 0 unspecified atom stereocenters. The van der Waals surface area contributed by atoms with E-state index in [-0.39, 0.29) is 57.9 Å². The Kier molecular flexibility index (Phi) is 6.20. The molecule has 2 aromatic rings. The molecule has 0 aliphatic carbocycles. The maximum atomic E-state index is 12.6. The molecule has 2 aromatic carbocycles. The molecular formula is C16H15ClKN3O. The van der Waals surface area contributed by atoms with Gasteiger partial charge in [0.15, 0.2) is 5.84 Å². The van der Waals surface area contributed by atoms with Crippen molar-refractivity contribution >= 4 is 80.2 Å². The molecule has 0 bridgehead atoms. The van der Waals surface area contributed by atoms with Crippen LogP contribution in [-0.2, 0) is 0 Å². The van der Waals surface area contributed by atoms with Crippen LogP contribution in [0, 0.1) is 5.21 Å². The van der Waals surface area contributed by atoms with Crippen molar-refractivity contribution in [1.82, 2.24) is 5.32 Å². The number of likely N-dealkylation sites (N-methyl/N-ethyl adjacent to an activating group) is 1. The third-order valence-electron chi connectivity index (χ3n) is 3.35. The fourth-order valence-electron chi connectivity index (χ4n) is 2.36. The molecule has 0 saturated heterocycles. The Bertz CT molecular complexity index is 744. The first kappa shape index (κ1) is 17.7. The van der Waals surface area contributed by atoms with E-state index in [1.807, 2.05) is 36.4 Å². The van der Waals surface area contributed by atoms with Crippen molar-refractivity contribution in [2.45, 2.75) is 0 Å². The molecule has 0 amide bonds. The van der Waals surface area contributed by atoms with E-state index in [4.69, 9.17) is 11.6 Å². The number of aliphatic imine (C=N–C) groups is 1. The van der Waals surface area contributed by atoms with Crippen LogP contribution >= 0.6 is 11.6 Å². The molecule has 0 aromatic heterocycles. The summed E-state index contributed by atoms with van der Waals surface area (Å²) in [6.07, 6.45) is 0. The number of amidine groups is 1. The molecule has 108 valence electrons. The summed E-state index contributed by atoms with van der Waals surface area (Å²) in [5.74, 6) is 0.625. The zero-order valence-corrected chi connectivity index (χ0v) is 12.3. The van der Waals surface area contributed by atoms with E-state index in [9.17, 15) is 5.21 Å². The Morgan fingerprint density at radius 2 is 1.91 bits per heavy atom. The normalized spacial score (nSPS) is 13.6. The van der Waals surface area contributed by atoms with Gasteiger partial charge in [0.2, 0.25) is 12.3 Å². The molecule has 0 fully saturated rings. The van der Waals surface area contributed by atoms with Crippen LogP contribution in [0.2, 0.25) is 5.02 Å². The maximum absolute atomic E-state index is 12.6. The van der Waals surface area contributed by atoms with Gasteiger partial charge in [0.1, 0.15) is 0 Å². The Morgan fingerprint density at radius 3 is 2.59 bits per heavy atom. The topological polar surface area (TPSA) is 50.5 Å². The predicted octanol–water partition coefficient (Wildman–Crippen LogP) is 2.30. The predicted molar refractivity (Wildman–Crippen MR) is 92.9 cm³/mol. The summed E-state index contributed by atoms with van der Waals surface area (Å²) >= 11 is 6.10. The Hall–Kier alpha value is -0.694. The van der Waals surface area contributed by atoms with Gasteiger partial charge in [-0.05, 0) is 30.3 Å². The van der Waals surface area contributed by atoms with Crippen molar-refractivity contribution in [1.29, 1.82) is 0 Å². The third-order valence-corrected chi connectivity index (χ3v) is 3.58. The number of hydroxylamine groups is 1. The molecule has 22 heavy (non-hydrogen) atoms. The van der Waals surface area contributed by atoms with Crippen LogP contribution in [0.5, 0.6) is 0 Å². The Balaban J connectivity index is 0.00000176. The molecule has 1 N–H and O–H groups in total. The monoisotopic (exact) mass is 339 g/mol. The molecule has 0 atom stereocenters. The molecule has 0 radical (unpaired) electrons. The van der Waals surface area contributed by atoms with E-state index in [0.717, 1.165) is 21.6 Å². The molecule has 1 heterocycles. The first-order valence-electron chi connectivity index (χ1n) is 6.61. The summed E-state index contributed by atoms with van der Waals surface area (Å²) < 4.78 is 0.951. The quantitative estimate of drug-likeness (QED) is 0.492. The summed E-state index contributed by atoms with van der Waals surface area (Å²) in [6.45, 7) is 0.174. The van der Waals surface area contributed by atoms with Gasteiger partial charge in [0.05, 0.1) is 11.3 Å². The van der Waals surface area contributed by atoms with Gasteiger partial charge < -0.3 is 10.5 Å². The zero-order chi connectivity index (χ0) is 14.8. The van der Waals surface area contributed by atoms with E-state index in [0.29, 0.717) is 16.6 Å². The first-order chi connectivity index (χ1) is 10.2.